The van der Waals surface area contributed by atoms with Gasteiger partial charge in [0.1, 0.15) is 11.4 Å². The Hall–Kier alpha value is -0.740. The Bertz CT molecular complexity index is 520. The zero-order chi connectivity index (χ0) is 12.0. The summed E-state index contributed by atoms with van der Waals surface area (Å²) in [5.41, 5.74) is 1.56. The number of hydrogen-bond donors (Lipinski definition) is 0. The molecule has 1 aromatic rings. The summed E-state index contributed by atoms with van der Waals surface area (Å²) in [7, 11) is 1.70. The van der Waals surface area contributed by atoms with Gasteiger partial charge in [-0.25, -0.2) is 8.42 Å². The summed E-state index contributed by atoms with van der Waals surface area (Å²) in [5, 5.41) is 0. The largest absolute Gasteiger partial charge is 0.487 e. The molecule has 16 heavy (non-hydrogen) atoms. The third kappa shape index (κ3) is 2.68. The van der Waals surface area contributed by atoms with Crippen LogP contribution in [0.5, 0.6) is 5.75 Å². The molecule has 5 heteroatoms. The molecule has 0 saturated carbocycles. The van der Waals surface area contributed by atoms with Gasteiger partial charge in [0.05, 0.1) is 5.75 Å². The van der Waals surface area contributed by atoms with Gasteiger partial charge in [-0.05, 0) is 31.0 Å². The molecule has 0 fully saturated rings. The lowest BCUT2D eigenvalue weighted by Crippen LogP contribution is -2.24. The predicted octanol–water partition coefficient (Wildman–Crippen LogP) is 2.47. The molecule has 3 nitrogen and oxygen atoms in total. The Morgan fingerprint density at radius 1 is 1.44 bits per heavy atom. The van der Waals surface area contributed by atoms with Crippen molar-refractivity contribution in [2.24, 2.45) is 0 Å². The van der Waals surface area contributed by atoms with Crippen LogP contribution in [0.3, 0.4) is 0 Å². The first kappa shape index (κ1) is 11.7. The van der Waals surface area contributed by atoms with Crippen LogP contribution in [-0.2, 0) is 21.2 Å². The van der Waals surface area contributed by atoms with Gasteiger partial charge in [0.25, 0.3) is 0 Å². The van der Waals surface area contributed by atoms with Crippen LogP contribution < -0.4 is 4.74 Å². The van der Waals surface area contributed by atoms with Crippen LogP contribution in [0.15, 0.2) is 18.2 Å². The smallest absolute Gasteiger partial charge is 0.236 e. The summed E-state index contributed by atoms with van der Waals surface area (Å²) in [6.45, 7) is 4.01. The Balaban J connectivity index is 2.30. The Labute approximate surface area is 99.8 Å². The molecule has 0 N–H and O–H groups in total. The predicted molar refractivity (Wildman–Crippen MR) is 63.3 cm³/mol. The van der Waals surface area contributed by atoms with Crippen molar-refractivity contribution in [1.82, 2.24) is 0 Å². The van der Waals surface area contributed by atoms with E-state index in [-0.39, 0.29) is 11.4 Å². The van der Waals surface area contributed by atoms with Crippen molar-refractivity contribution in [3.63, 3.8) is 0 Å². The van der Waals surface area contributed by atoms with Crippen molar-refractivity contribution in [2.75, 3.05) is 0 Å². The van der Waals surface area contributed by atoms with Gasteiger partial charge in [-0.15, -0.1) is 0 Å². The molecule has 0 aromatic heterocycles. The minimum absolute atomic E-state index is 0.161. The minimum atomic E-state index is -3.51. The maximum atomic E-state index is 11.0. The third-order valence-corrected chi connectivity index (χ3v) is 3.48. The number of ether oxygens (including phenoxy) is 1. The van der Waals surface area contributed by atoms with Crippen LogP contribution in [0, 0.1) is 0 Å². The van der Waals surface area contributed by atoms with E-state index in [4.69, 9.17) is 15.4 Å². The Kier molecular flexibility index (Phi) is 2.67. The van der Waals surface area contributed by atoms with E-state index in [1.807, 2.05) is 19.9 Å². The second-order valence-electron chi connectivity index (χ2n) is 4.66. The fourth-order valence-electron chi connectivity index (χ4n) is 1.92. The molecular weight excluding hydrogens is 248 g/mol. The average molecular weight is 261 g/mol. The summed E-state index contributed by atoms with van der Waals surface area (Å²) in [5.74, 6) is 0.605. The van der Waals surface area contributed by atoms with Crippen molar-refractivity contribution in [2.45, 2.75) is 31.6 Å². The van der Waals surface area contributed by atoms with Crippen LogP contribution in [0.1, 0.15) is 25.0 Å². The summed E-state index contributed by atoms with van der Waals surface area (Å²) in [6, 6.07) is 5.44. The highest BCUT2D eigenvalue weighted by atomic mass is 35.7. The van der Waals surface area contributed by atoms with E-state index in [2.05, 4.69) is 0 Å². The zero-order valence-corrected chi connectivity index (χ0v) is 10.7. The van der Waals surface area contributed by atoms with Crippen LogP contribution in [0.4, 0.5) is 0 Å². The van der Waals surface area contributed by atoms with E-state index in [1.54, 1.807) is 12.1 Å². The molecule has 1 aromatic carbocycles. The number of rotatable bonds is 2. The highest BCUT2D eigenvalue weighted by Gasteiger charge is 2.30. The van der Waals surface area contributed by atoms with Gasteiger partial charge in [0, 0.05) is 17.1 Å². The number of hydrogen-bond acceptors (Lipinski definition) is 3. The van der Waals surface area contributed by atoms with Crippen LogP contribution in [0.2, 0.25) is 0 Å². The molecule has 0 spiro atoms. The van der Waals surface area contributed by atoms with Crippen molar-refractivity contribution < 1.29 is 13.2 Å². The molecule has 1 aliphatic heterocycles. The van der Waals surface area contributed by atoms with Gasteiger partial charge in [-0.2, -0.15) is 0 Å². The summed E-state index contributed by atoms with van der Waals surface area (Å²) in [4.78, 5) is 0. The van der Waals surface area contributed by atoms with E-state index in [1.165, 1.54) is 0 Å². The molecule has 2 rings (SSSR count). The Morgan fingerprint density at radius 3 is 2.75 bits per heavy atom. The molecule has 0 amide bonds. The second-order valence-corrected chi connectivity index (χ2v) is 7.44. The third-order valence-electron chi connectivity index (χ3n) is 2.47. The van der Waals surface area contributed by atoms with E-state index in [0.29, 0.717) is 5.56 Å². The molecule has 0 radical (unpaired) electrons. The first-order chi connectivity index (χ1) is 7.25. The standard InChI is InChI=1S/C11H13ClO3S/c1-11(2)6-9-4-3-8(5-10(9)15-11)7-16(12,13)14/h3-5H,6-7H2,1-2H3. The maximum Gasteiger partial charge on any atom is 0.236 e. The number of benzene rings is 1. The Morgan fingerprint density at radius 2 is 2.12 bits per heavy atom. The lowest BCUT2D eigenvalue weighted by molar-refractivity contribution is 0.138. The van der Waals surface area contributed by atoms with Gasteiger partial charge in [0.15, 0.2) is 0 Å². The topological polar surface area (TPSA) is 43.4 Å². The number of fused-ring (bicyclic) bond motifs is 1. The molecule has 0 aliphatic carbocycles. The molecule has 1 heterocycles. The fraction of sp³-hybridized carbons (Fsp3) is 0.455. The SMILES string of the molecule is CC1(C)Cc2ccc(CS(=O)(=O)Cl)cc2O1. The molecule has 88 valence electrons. The summed E-state index contributed by atoms with van der Waals surface area (Å²) >= 11 is 0. The lowest BCUT2D eigenvalue weighted by atomic mass is 10.0. The van der Waals surface area contributed by atoms with Crippen molar-refractivity contribution in [3.8, 4) is 5.75 Å². The highest BCUT2D eigenvalue weighted by Crippen LogP contribution is 2.35. The van der Waals surface area contributed by atoms with Gasteiger partial charge in [-0.1, -0.05) is 12.1 Å². The van der Waals surface area contributed by atoms with Gasteiger partial charge in [-0.3, -0.25) is 0 Å². The molecule has 1 aliphatic rings. The fourth-order valence-corrected chi connectivity index (χ4v) is 2.88. The number of halogens is 1. The molecular formula is C11H13ClO3S. The van der Waals surface area contributed by atoms with Crippen molar-refractivity contribution in [3.05, 3.63) is 29.3 Å². The maximum absolute atomic E-state index is 11.0. The van der Waals surface area contributed by atoms with Crippen LogP contribution in [-0.4, -0.2) is 14.0 Å². The molecule has 0 saturated heterocycles. The van der Waals surface area contributed by atoms with E-state index in [0.717, 1.165) is 17.7 Å². The van der Waals surface area contributed by atoms with Crippen molar-refractivity contribution in [1.29, 1.82) is 0 Å². The van der Waals surface area contributed by atoms with Gasteiger partial charge >= 0.3 is 0 Å². The first-order valence-electron chi connectivity index (χ1n) is 4.98. The average Bonchev–Trinajstić information content (AvgIpc) is 2.34. The first-order valence-corrected chi connectivity index (χ1v) is 7.46. The van der Waals surface area contributed by atoms with Gasteiger partial charge in [0.2, 0.25) is 9.05 Å². The van der Waals surface area contributed by atoms with Crippen molar-refractivity contribution >= 4 is 19.7 Å². The normalized spacial score (nSPS) is 17.9. The van der Waals surface area contributed by atoms with Crippen LogP contribution >= 0.6 is 10.7 Å². The lowest BCUT2D eigenvalue weighted by Gasteiger charge is -2.16. The van der Waals surface area contributed by atoms with E-state index in [9.17, 15) is 8.42 Å². The molecule has 0 bridgehead atoms. The van der Waals surface area contributed by atoms with E-state index >= 15 is 0 Å². The molecule has 0 unspecified atom stereocenters. The monoisotopic (exact) mass is 260 g/mol. The molecule has 0 atom stereocenters. The summed E-state index contributed by atoms with van der Waals surface area (Å²) < 4.78 is 27.6. The minimum Gasteiger partial charge on any atom is -0.487 e. The van der Waals surface area contributed by atoms with E-state index < -0.39 is 9.05 Å². The zero-order valence-electron chi connectivity index (χ0n) is 9.16. The summed E-state index contributed by atoms with van der Waals surface area (Å²) in [6.07, 6.45) is 0.843. The van der Waals surface area contributed by atoms with Crippen LogP contribution in [0.25, 0.3) is 0 Å². The quantitative estimate of drug-likeness (QED) is 0.768. The second kappa shape index (κ2) is 3.64. The highest BCUT2D eigenvalue weighted by molar-refractivity contribution is 8.13. The van der Waals surface area contributed by atoms with Gasteiger partial charge < -0.3 is 4.74 Å².